The third kappa shape index (κ3) is 2.59. The molecule has 5 heteroatoms. The first kappa shape index (κ1) is 13.1. The largest absolute Gasteiger partial charge is 0.497 e. The van der Waals surface area contributed by atoms with E-state index in [0.717, 1.165) is 24.3 Å². The highest BCUT2D eigenvalue weighted by Gasteiger charge is 2.20. The second-order valence-electron chi connectivity index (χ2n) is 3.80. The normalized spacial score (nSPS) is 10.3. The maximum Gasteiger partial charge on any atom is 0.198 e. The first-order valence-corrected chi connectivity index (χ1v) is 5.36. The molecule has 0 aliphatic carbocycles. The van der Waals surface area contributed by atoms with Gasteiger partial charge in [0.05, 0.1) is 12.7 Å². The Balaban J connectivity index is 2.47. The van der Waals surface area contributed by atoms with Crippen LogP contribution in [0.25, 0.3) is 0 Å². The quantitative estimate of drug-likeness (QED) is 0.796. The molecule has 0 saturated carbocycles. The predicted octanol–water partition coefficient (Wildman–Crippen LogP) is 3.34. The SMILES string of the molecule is COc1cc(F)c(C(=O)c2ccc(F)cc2)c(F)c1. The van der Waals surface area contributed by atoms with Crippen molar-refractivity contribution in [3.05, 3.63) is 65.0 Å². The first-order valence-electron chi connectivity index (χ1n) is 5.36. The molecular formula is C14H9F3O2. The maximum atomic E-state index is 13.7. The molecule has 2 aromatic rings. The number of halogens is 3. The molecule has 0 spiro atoms. The molecule has 0 aliphatic rings. The lowest BCUT2D eigenvalue weighted by molar-refractivity contribution is 0.103. The topological polar surface area (TPSA) is 26.3 Å². The van der Waals surface area contributed by atoms with Gasteiger partial charge in [-0.1, -0.05) is 0 Å². The molecule has 0 bridgehead atoms. The molecule has 2 nitrogen and oxygen atoms in total. The summed E-state index contributed by atoms with van der Waals surface area (Å²) in [6.45, 7) is 0. The fourth-order valence-corrected chi connectivity index (χ4v) is 1.63. The van der Waals surface area contributed by atoms with E-state index < -0.39 is 28.8 Å². The van der Waals surface area contributed by atoms with Gasteiger partial charge in [-0.05, 0) is 24.3 Å². The van der Waals surface area contributed by atoms with E-state index in [4.69, 9.17) is 4.74 Å². The Morgan fingerprint density at radius 2 is 1.53 bits per heavy atom. The molecular weight excluding hydrogens is 257 g/mol. The van der Waals surface area contributed by atoms with Crippen molar-refractivity contribution >= 4 is 5.78 Å². The molecule has 0 amide bonds. The van der Waals surface area contributed by atoms with E-state index in [1.165, 1.54) is 19.2 Å². The number of benzene rings is 2. The summed E-state index contributed by atoms with van der Waals surface area (Å²) in [5.74, 6) is -3.45. The summed E-state index contributed by atoms with van der Waals surface area (Å²) in [4.78, 5) is 12.0. The van der Waals surface area contributed by atoms with Gasteiger partial charge in [0.25, 0.3) is 0 Å². The van der Waals surface area contributed by atoms with Crippen LogP contribution < -0.4 is 4.74 Å². The Labute approximate surface area is 107 Å². The average molecular weight is 266 g/mol. The minimum absolute atomic E-state index is 0.00404. The van der Waals surface area contributed by atoms with Gasteiger partial charge in [0.2, 0.25) is 0 Å². The second kappa shape index (κ2) is 5.14. The van der Waals surface area contributed by atoms with Crippen molar-refractivity contribution in [1.29, 1.82) is 0 Å². The molecule has 2 aromatic carbocycles. The van der Waals surface area contributed by atoms with Gasteiger partial charge in [-0.2, -0.15) is 0 Å². The van der Waals surface area contributed by atoms with Crippen LogP contribution in [0.2, 0.25) is 0 Å². The standard InChI is InChI=1S/C14H9F3O2/c1-19-10-6-11(16)13(12(17)7-10)14(18)8-2-4-9(15)5-3-8/h2-7H,1H3. The van der Waals surface area contributed by atoms with Crippen molar-refractivity contribution in [3.63, 3.8) is 0 Å². The minimum Gasteiger partial charge on any atom is -0.497 e. The van der Waals surface area contributed by atoms with Crippen LogP contribution in [-0.4, -0.2) is 12.9 Å². The lowest BCUT2D eigenvalue weighted by Gasteiger charge is -2.07. The molecule has 98 valence electrons. The zero-order chi connectivity index (χ0) is 14.0. The third-order valence-electron chi connectivity index (χ3n) is 2.58. The number of rotatable bonds is 3. The van der Waals surface area contributed by atoms with E-state index in [0.29, 0.717) is 0 Å². The highest BCUT2D eigenvalue weighted by Crippen LogP contribution is 2.23. The monoisotopic (exact) mass is 266 g/mol. The van der Waals surface area contributed by atoms with Crippen molar-refractivity contribution in [1.82, 2.24) is 0 Å². The molecule has 0 saturated heterocycles. The van der Waals surface area contributed by atoms with Crippen molar-refractivity contribution in [2.75, 3.05) is 7.11 Å². The fraction of sp³-hybridized carbons (Fsp3) is 0.0714. The molecule has 0 unspecified atom stereocenters. The van der Waals surface area contributed by atoms with E-state index >= 15 is 0 Å². The predicted molar refractivity (Wildman–Crippen MR) is 62.7 cm³/mol. The number of methoxy groups -OCH3 is 1. The highest BCUT2D eigenvalue weighted by molar-refractivity contribution is 6.09. The van der Waals surface area contributed by atoms with Crippen LogP contribution in [0, 0.1) is 17.5 Å². The Morgan fingerprint density at radius 3 is 2.00 bits per heavy atom. The Bertz CT molecular complexity index is 598. The van der Waals surface area contributed by atoms with Gasteiger partial charge in [0.15, 0.2) is 5.78 Å². The van der Waals surface area contributed by atoms with Crippen LogP contribution in [0.5, 0.6) is 5.75 Å². The number of carbonyl (C=O) groups is 1. The zero-order valence-electron chi connectivity index (χ0n) is 9.91. The molecule has 0 aromatic heterocycles. The van der Waals surface area contributed by atoms with E-state index in [1.54, 1.807) is 0 Å². The zero-order valence-corrected chi connectivity index (χ0v) is 9.91. The van der Waals surface area contributed by atoms with Crippen LogP contribution in [0.15, 0.2) is 36.4 Å². The van der Waals surface area contributed by atoms with Gasteiger partial charge in [-0.15, -0.1) is 0 Å². The maximum absolute atomic E-state index is 13.7. The van der Waals surface area contributed by atoms with Gasteiger partial charge in [-0.25, -0.2) is 13.2 Å². The summed E-state index contributed by atoms with van der Waals surface area (Å²) in [6, 6.07) is 6.26. The second-order valence-corrected chi connectivity index (χ2v) is 3.80. The van der Waals surface area contributed by atoms with Gasteiger partial charge in [0.1, 0.15) is 23.2 Å². The van der Waals surface area contributed by atoms with Crippen molar-refractivity contribution in [2.24, 2.45) is 0 Å². The smallest absolute Gasteiger partial charge is 0.198 e. The molecule has 0 heterocycles. The van der Waals surface area contributed by atoms with Gasteiger partial charge < -0.3 is 4.74 Å². The van der Waals surface area contributed by atoms with Crippen LogP contribution in [0.1, 0.15) is 15.9 Å². The Kier molecular flexibility index (Phi) is 3.55. The number of hydrogen-bond donors (Lipinski definition) is 0. The van der Waals surface area contributed by atoms with Crippen LogP contribution in [0.3, 0.4) is 0 Å². The lowest BCUT2D eigenvalue weighted by Crippen LogP contribution is -2.08. The summed E-state index contributed by atoms with van der Waals surface area (Å²) < 4.78 is 44.8. The number of carbonyl (C=O) groups excluding carboxylic acids is 1. The Morgan fingerprint density at radius 1 is 1.00 bits per heavy atom. The van der Waals surface area contributed by atoms with Gasteiger partial charge in [-0.3, -0.25) is 4.79 Å². The van der Waals surface area contributed by atoms with Crippen molar-refractivity contribution in [3.8, 4) is 5.75 Å². The molecule has 0 N–H and O–H groups in total. The van der Waals surface area contributed by atoms with E-state index in [9.17, 15) is 18.0 Å². The molecule has 0 aliphatic heterocycles. The van der Waals surface area contributed by atoms with E-state index in [-0.39, 0.29) is 11.3 Å². The molecule has 0 radical (unpaired) electrons. The van der Waals surface area contributed by atoms with E-state index in [1.807, 2.05) is 0 Å². The van der Waals surface area contributed by atoms with Crippen molar-refractivity contribution in [2.45, 2.75) is 0 Å². The summed E-state index contributed by atoms with van der Waals surface area (Å²) in [6.07, 6.45) is 0. The third-order valence-corrected chi connectivity index (χ3v) is 2.58. The van der Waals surface area contributed by atoms with Crippen LogP contribution in [0.4, 0.5) is 13.2 Å². The molecule has 0 fully saturated rings. The highest BCUT2D eigenvalue weighted by atomic mass is 19.1. The van der Waals surface area contributed by atoms with E-state index in [2.05, 4.69) is 0 Å². The summed E-state index contributed by atoms with van der Waals surface area (Å²) in [5, 5.41) is 0. The molecule has 2 rings (SSSR count). The summed E-state index contributed by atoms with van der Waals surface area (Å²) >= 11 is 0. The summed E-state index contributed by atoms with van der Waals surface area (Å²) in [7, 11) is 1.26. The number of ketones is 1. The first-order chi connectivity index (χ1) is 9.02. The van der Waals surface area contributed by atoms with Gasteiger partial charge >= 0.3 is 0 Å². The van der Waals surface area contributed by atoms with Crippen molar-refractivity contribution < 1.29 is 22.7 Å². The number of ether oxygens (including phenoxy) is 1. The molecule has 0 atom stereocenters. The van der Waals surface area contributed by atoms with Crippen LogP contribution in [-0.2, 0) is 0 Å². The minimum atomic E-state index is -1.02. The number of hydrogen-bond acceptors (Lipinski definition) is 2. The summed E-state index contributed by atoms with van der Waals surface area (Å²) in [5.41, 5.74) is -0.684. The van der Waals surface area contributed by atoms with Gasteiger partial charge in [0, 0.05) is 17.7 Å². The Hall–Kier alpha value is -2.30. The van der Waals surface area contributed by atoms with Crippen LogP contribution >= 0.6 is 0 Å². The fourth-order valence-electron chi connectivity index (χ4n) is 1.63. The lowest BCUT2D eigenvalue weighted by atomic mass is 10.0. The average Bonchev–Trinajstić information content (AvgIpc) is 2.38. The molecule has 19 heavy (non-hydrogen) atoms.